The number of aryl methyl sites for hydroxylation is 1. The molecule has 1 aromatic carbocycles. The first-order valence-corrected chi connectivity index (χ1v) is 5.89. The lowest BCUT2D eigenvalue weighted by molar-refractivity contribution is 0.478. The lowest BCUT2D eigenvalue weighted by atomic mass is 10.0. The van der Waals surface area contributed by atoms with Gasteiger partial charge in [0.2, 0.25) is 0 Å². The second kappa shape index (κ2) is 5.44. The predicted molar refractivity (Wildman–Crippen MR) is 65.0 cm³/mol. The van der Waals surface area contributed by atoms with Gasteiger partial charge in [0.05, 0.1) is 6.04 Å². The molecule has 0 aliphatic carbocycles. The van der Waals surface area contributed by atoms with Crippen LogP contribution in [0.2, 0.25) is 0 Å². The highest BCUT2D eigenvalue weighted by atomic mass is 19.1. The van der Waals surface area contributed by atoms with Crippen LogP contribution in [0, 0.1) is 17.5 Å². The zero-order valence-electron chi connectivity index (χ0n) is 10.6. The maximum absolute atomic E-state index is 13.9. The summed E-state index contributed by atoms with van der Waals surface area (Å²) < 4.78 is 42.3. The number of nitrogens with zero attached hydrogens (tertiary/aromatic N) is 2. The van der Waals surface area contributed by atoms with Crippen molar-refractivity contribution in [3.8, 4) is 0 Å². The van der Waals surface area contributed by atoms with Crippen molar-refractivity contribution >= 4 is 0 Å². The standard InChI is InChI=1S/C13H14F3N3/c1-3-17-12(13-18-4-5-19(13)2)11-9(15)6-8(14)7-10(11)16/h4-7,12,17H,3H2,1-2H3. The molecule has 19 heavy (non-hydrogen) atoms. The molecule has 1 aromatic heterocycles. The van der Waals surface area contributed by atoms with Gasteiger partial charge in [0.25, 0.3) is 0 Å². The molecule has 2 rings (SSSR count). The molecule has 1 atom stereocenters. The highest BCUT2D eigenvalue weighted by Crippen LogP contribution is 2.26. The van der Waals surface area contributed by atoms with Crippen LogP contribution in [0.3, 0.4) is 0 Å². The fourth-order valence-corrected chi connectivity index (χ4v) is 2.01. The minimum atomic E-state index is -0.936. The van der Waals surface area contributed by atoms with E-state index in [0.717, 1.165) is 0 Å². The summed E-state index contributed by atoms with van der Waals surface area (Å²) in [5.41, 5.74) is -0.224. The molecule has 0 saturated carbocycles. The zero-order chi connectivity index (χ0) is 14.0. The molecule has 0 spiro atoms. The molecule has 0 aliphatic rings. The van der Waals surface area contributed by atoms with Crippen LogP contribution in [0.1, 0.15) is 24.4 Å². The summed E-state index contributed by atoms with van der Waals surface area (Å²) in [4.78, 5) is 4.09. The first-order chi connectivity index (χ1) is 9.04. The molecule has 3 nitrogen and oxygen atoms in total. The normalized spacial score (nSPS) is 12.7. The number of halogens is 3. The number of benzene rings is 1. The van der Waals surface area contributed by atoms with E-state index in [9.17, 15) is 13.2 Å². The first-order valence-electron chi connectivity index (χ1n) is 5.89. The molecule has 0 aliphatic heterocycles. The zero-order valence-corrected chi connectivity index (χ0v) is 10.6. The summed E-state index contributed by atoms with van der Waals surface area (Å²) >= 11 is 0. The number of nitrogens with one attached hydrogen (secondary N) is 1. The Morgan fingerprint density at radius 3 is 2.37 bits per heavy atom. The fourth-order valence-electron chi connectivity index (χ4n) is 2.01. The van der Waals surface area contributed by atoms with Gasteiger partial charge in [-0.05, 0) is 6.54 Å². The van der Waals surface area contributed by atoms with Crippen LogP contribution in [0.15, 0.2) is 24.5 Å². The van der Waals surface area contributed by atoms with Gasteiger partial charge >= 0.3 is 0 Å². The van der Waals surface area contributed by atoms with Crippen LogP contribution in [0.4, 0.5) is 13.2 Å². The van der Waals surface area contributed by atoms with E-state index in [-0.39, 0.29) is 5.56 Å². The van der Waals surface area contributed by atoms with E-state index in [0.29, 0.717) is 24.5 Å². The fraction of sp³-hybridized carbons (Fsp3) is 0.308. The lowest BCUT2D eigenvalue weighted by Crippen LogP contribution is -2.26. The van der Waals surface area contributed by atoms with Crippen molar-refractivity contribution in [1.82, 2.24) is 14.9 Å². The number of hydrogen-bond acceptors (Lipinski definition) is 2. The highest BCUT2D eigenvalue weighted by molar-refractivity contribution is 5.29. The molecular formula is C13H14F3N3. The summed E-state index contributed by atoms with van der Waals surface area (Å²) in [6, 6.07) is 0.586. The average Bonchev–Trinajstić information content (AvgIpc) is 2.73. The average molecular weight is 269 g/mol. The van der Waals surface area contributed by atoms with E-state index in [1.165, 1.54) is 0 Å². The molecule has 1 unspecified atom stereocenters. The molecule has 102 valence electrons. The van der Waals surface area contributed by atoms with Gasteiger partial charge in [0.1, 0.15) is 23.3 Å². The quantitative estimate of drug-likeness (QED) is 0.924. The van der Waals surface area contributed by atoms with Crippen LogP contribution in [0.5, 0.6) is 0 Å². The highest BCUT2D eigenvalue weighted by Gasteiger charge is 2.25. The maximum Gasteiger partial charge on any atom is 0.134 e. The molecular weight excluding hydrogens is 255 g/mol. The van der Waals surface area contributed by atoms with Gasteiger partial charge in [-0.25, -0.2) is 18.2 Å². The van der Waals surface area contributed by atoms with Crippen molar-refractivity contribution in [2.45, 2.75) is 13.0 Å². The van der Waals surface area contributed by atoms with E-state index < -0.39 is 23.5 Å². The van der Waals surface area contributed by atoms with Gasteiger partial charge in [0, 0.05) is 37.1 Å². The van der Waals surface area contributed by atoms with Crippen molar-refractivity contribution in [2.24, 2.45) is 7.05 Å². The molecule has 0 fully saturated rings. The third-order valence-electron chi connectivity index (χ3n) is 2.86. The molecule has 1 N–H and O–H groups in total. The van der Waals surface area contributed by atoms with E-state index >= 15 is 0 Å². The Bertz CT molecular complexity index is 557. The molecule has 0 radical (unpaired) electrons. The first kappa shape index (κ1) is 13.6. The van der Waals surface area contributed by atoms with Crippen molar-refractivity contribution in [1.29, 1.82) is 0 Å². The Labute approximate surface area is 109 Å². The van der Waals surface area contributed by atoms with Gasteiger partial charge in [0.15, 0.2) is 0 Å². The molecule has 2 aromatic rings. The van der Waals surface area contributed by atoms with Gasteiger partial charge in [-0.2, -0.15) is 0 Å². The van der Waals surface area contributed by atoms with Crippen molar-refractivity contribution in [3.05, 3.63) is 53.4 Å². The summed E-state index contributed by atoms with van der Waals surface area (Å²) in [5, 5.41) is 2.96. The second-order valence-corrected chi connectivity index (χ2v) is 4.17. The van der Waals surface area contributed by atoms with Crippen molar-refractivity contribution in [2.75, 3.05) is 6.54 Å². The second-order valence-electron chi connectivity index (χ2n) is 4.17. The van der Waals surface area contributed by atoms with Crippen LogP contribution >= 0.6 is 0 Å². The van der Waals surface area contributed by atoms with Crippen molar-refractivity contribution < 1.29 is 13.2 Å². The SMILES string of the molecule is CCNC(c1c(F)cc(F)cc1F)c1nccn1C. The van der Waals surface area contributed by atoms with Crippen LogP contribution in [-0.4, -0.2) is 16.1 Å². The minimum absolute atomic E-state index is 0.224. The Balaban J connectivity index is 2.54. The molecule has 0 amide bonds. The van der Waals surface area contributed by atoms with Gasteiger partial charge < -0.3 is 9.88 Å². The van der Waals surface area contributed by atoms with E-state index in [1.807, 2.05) is 6.92 Å². The molecule has 6 heteroatoms. The van der Waals surface area contributed by atoms with Gasteiger partial charge in [-0.15, -0.1) is 0 Å². The van der Waals surface area contributed by atoms with Crippen LogP contribution in [-0.2, 0) is 7.05 Å². The lowest BCUT2D eigenvalue weighted by Gasteiger charge is -2.19. The monoisotopic (exact) mass is 269 g/mol. The van der Waals surface area contributed by atoms with Crippen molar-refractivity contribution in [3.63, 3.8) is 0 Å². The topological polar surface area (TPSA) is 29.9 Å². The summed E-state index contributed by atoms with van der Waals surface area (Å²) in [5.74, 6) is -2.32. The van der Waals surface area contributed by atoms with E-state index in [2.05, 4.69) is 10.3 Å². The Kier molecular flexibility index (Phi) is 3.90. The molecule has 0 bridgehead atoms. The Morgan fingerprint density at radius 1 is 1.26 bits per heavy atom. The number of aromatic nitrogens is 2. The third-order valence-corrected chi connectivity index (χ3v) is 2.86. The van der Waals surface area contributed by atoms with Crippen LogP contribution < -0.4 is 5.32 Å². The van der Waals surface area contributed by atoms with E-state index in [1.54, 1.807) is 24.0 Å². The maximum atomic E-state index is 13.9. The number of imidazole rings is 1. The van der Waals surface area contributed by atoms with Gasteiger partial charge in [-0.1, -0.05) is 6.92 Å². The molecule has 0 saturated heterocycles. The van der Waals surface area contributed by atoms with Crippen LogP contribution in [0.25, 0.3) is 0 Å². The Hall–Kier alpha value is -1.82. The van der Waals surface area contributed by atoms with Gasteiger partial charge in [-0.3, -0.25) is 0 Å². The minimum Gasteiger partial charge on any atom is -0.336 e. The smallest absolute Gasteiger partial charge is 0.134 e. The number of hydrogen-bond donors (Lipinski definition) is 1. The Morgan fingerprint density at radius 2 is 1.89 bits per heavy atom. The summed E-state index contributed by atoms with van der Waals surface area (Å²) in [6.07, 6.45) is 3.22. The third kappa shape index (κ3) is 2.63. The molecule has 1 heterocycles. The summed E-state index contributed by atoms with van der Waals surface area (Å²) in [6.45, 7) is 2.31. The van der Waals surface area contributed by atoms with E-state index in [4.69, 9.17) is 0 Å². The summed E-state index contributed by atoms with van der Waals surface area (Å²) in [7, 11) is 1.73. The predicted octanol–water partition coefficient (Wildman–Crippen LogP) is 2.54. The number of rotatable bonds is 4. The largest absolute Gasteiger partial charge is 0.336 e.